The van der Waals surface area contributed by atoms with Crippen LogP contribution in [0.5, 0.6) is 0 Å². The summed E-state index contributed by atoms with van der Waals surface area (Å²) < 4.78 is 25.6. The molecule has 1 N–H and O–H groups in total. The minimum absolute atomic E-state index is 0.141. The highest BCUT2D eigenvalue weighted by molar-refractivity contribution is 7.92. The molecule has 1 unspecified atom stereocenters. The molecule has 0 aliphatic heterocycles. The van der Waals surface area contributed by atoms with Crippen LogP contribution in [-0.2, 0) is 22.7 Å². The SMILES string of the molecule is CC1CCc2c(C(=O)Nc3cccc(S(=O)(=O)C4CCCC4)c3)csc2C1. The van der Waals surface area contributed by atoms with Crippen molar-refractivity contribution in [2.75, 3.05) is 5.32 Å². The van der Waals surface area contributed by atoms with Crippen LogP contribution in [-0.4, -0.2) is 19.6 Å². The molecular weight excluding hydrogens is 378 g/mol. The van der Waals surface area contributed by atoms with Gasteiger partial charge in [-0.2, -0.15) is 0 Å². The lowest BCUT2D eigenvalue weighted by Crippen LogP contribution is -2.19. The monoisotopic (exact) mass is 403 g/mol. The highest BCUT2D eigenvalue weighted by atomic mass is 32.2. The first-order valence-electron chi connectivity index (χ1n) is 9.69. The molecule has 1 fully saturated rings. The predicted molar refractivity (Wildman–Crippen MR) is 109 cm³/mol. The molecule has 0 bridgehead atoms. The standard InChI is InChI=1S/C21H25NO3S2/c1-14-9-10-18-19(13-26-20(18)11-14)21(23)22-15-5-4-8-17(12-15)27(24,25)16-6-2-3-7-16/h4-5,8,12-14,16H,2-3,6-7,9-11H2,1H3,(H,22,23). The third-order valence-electron chi connectivity index (χ3n) is 5.81. The van der Waals surface area contributed by atoms with Gasteiger partial charge in [0.1, 0.15) is 0 Å². The van der Waals surface area contributed by atoms with Gasteiger partial charge < -0.3 is 5.32 Å². The number of carbonyl (C=O) groups excluding carboxylic acids is 1. The van der Waals surface area contributed by atoms with Gasteiger partial charge in [-0.25, -0.2) is 8.42 Å². The van der Waals surface area contributed by atoms with Gasteiger partial charge in [-0.3, -0.25) is 4.79 Å². The van der Waals surface area contributed by atoms with E-state index in [4.69, 9.17) is 0 Å². The zero-order valence-electron chi connectivity index (χ0n) is 15.5. The number of amides is 1. The summed E-state index contributed by atoms with van der Waals surface area (Å²) in [4.78, 5) is 14.4. The third kappa shape index (κ3) is 3.69. The second kappa shape index (κ2) is 7.40. The number of carbonyl (C=O) groups is 1. The van der Waals surface area contributed by atoms with E-state index in [-0.39, 0.29) is 11.2 Å². The summed E-state index contributed by atoms with van der Waals surface area (Å²) in [7, 11) is -3.32. The van der Waals surface area contributed by atoms with Crippen molar-refractivity contribution in [3.05, 3.63) is 45.6 Å². The Morgan fingerprint density at radius 1 is 1.19 bits per heavy atom. The number of nitrogens with one attached hydrogen (secondary N) is 1. The van der Waals surface area contributed by atoms with Crippen molar-refractivity contribution in [3.8, 4) is 0 Å². The average molecular weight is 404 g/mol. The summed E-state index contributed by atoms with van der Waals surface area (Å²) in [5.74, 6) is 0.530. The summed E-state index contributed by atoms with van der Waals surface area (Å²) in [6, 6.07) is 6.71. The van der Waals surface area contributed by atoms with Gasteiger partial charge in [0.05, 0.1) is 15.7 Å². The van der Waals surface area contributed by atoms with Crippen LogP contribution >= 0.6 is 11.3 Å². The van der Waals surface area contributed by atoms with E-state index in [0.717, 1.165) is 50.5 Å². The number of sulfone groups is 1. The molecule has 1 atom stereocenters. The van der Waals surface area contributed by atoms with Crippen LogP contribution in [0.2, 0.25) is 0 Å². The Labute approximate surface area is 164 Å². The molecule has 2 aromatic rings. The van der Waals surface area contributed by atoms with Crippen molar-refractivity contribution in [1.82, 2.24) is 0 Å². The number of hydrogen-bond donors (Lipinski definition) is 1. The smallest absolute Gasteiger partial charge is 0.256 e. The Bertz CT molecular complexity index is 956. The van der Waals surface area contributed by atoms with E-state index in [0.29, 0.717) is 16.5 Å². The Hall–Kier alpha value is -1.66. The molecule has 0 spiro atoms. The fourth-order valence-electron chi connectivity index (χ4n) is 4.21. The first-order chi connectivity index (χ1) is 12.9. The van der Waals surface area contributed by atoms with Crippen LogP contribution in [0.25, 0.3) is 0 Å². The Balaban J connectivity index is 1.54. The van der Waals surface area contributed by atoms with E-state index < -0.39 is 9.84 Å². The van der Waals surface area contributed by atoms with E-state index in [9.17, 15) is 13.2 Å². The van der Waals surface area contributed by atoms with Gasteiger partial charge in [-0.05, 0) is 61.8 Å². The maximum absolute atomic E-state index is 12.8. The summed E-state index contributed by atoms with van der Waals surface area (Å²) in [5, 5.41) is 4.57. The minimum atomic E-state index is -3.32. The van der Waals surface area contributed by atoms with Crippen LogP contribution < -0.4 is 5.32 Å². The number of thiophene rings is 1. The van der Waals surface area contributed by atoms with Crippen molar-refractivity contribution in [2.24, 2.45) is 5.92 Å². The molecule has 2 aliphatic rings. The lowest BCUT2D eigenvalue weighted by Gasteiger charge is -2.19. The van der Waals surface area contributed by atoms with Crippen molar-refractivity contribution < 1.29 is 13.2 Å². The molecule has 1 aromatic heterocycles. The summed E-state index contributed by atoms with van der Waals surface area (Å²) in [6.45, 7) is 2.25. The van der Waals surface area contributed by atoms with E-state index in [1.807, 2.05) is 5.38 Å². The molecule has 2 aliphatic carbocycles. The molecular formula is C21H25NO3S2. The van der Waals surface area contributed by atoms with Gasteiger partial charge in [0.15, 0.2) is 9.84 Å². The number of rotatable bonds is 4. The van der Waals surface area contributed by atoms with Crippen LogP contribution in [0.3, 0.4) is 0 Å². The Morgan fingerprint density at radius 2 is 1.96 bits per heavy atom. The van der Waals surface area contributed by atoms with Gasteiger partial charge in [-0.15, -0.1) is 11.3 Å². The number of hydrogen-bond acceptors (Lipinski definition) is 4. The lowest BCUT2D eigenvalue weighted by molar-refractivity contribution is 0.102. The van der Waals surface area contributed by atoms with Gasteiger partial charge in [0.2, 0.25) is 0 Å². The second-order valence-electron chi connectivity index (χ2n) is 7.83. The molecule has 27 heavy (non-hydrogen) atoms. The van der Waals surface area contributed by atoms with Crippen LogP contribution in [0.15, 0.2) is 34.5 Å². The van der Waals surface area contributed by atoms with Crippen LogP contribution in [0, 0.1) is 5.92 Å². The molecule has 4 nitrogen and oxygen atoms in total. The zero-order valence-corrected chi connectivity index (χ0v) is 17.2. The number of anilines is 1. The number of fused-ring (bicyclic) bond motifs is 1. The van der Waals surface area contributed by atoms with E-state index in [1.54, 1.807) is 35.6 Å². The third-order valence-corrected chi connectivity index (χ3v) is 9.12. The minimum Gasteiger partial charge on any atom is -0.322 e. The van der Waals surface area contributed by atoms with Gasteiger partial charge in [0.25, 0.3) is 5.91 Å². The van der Waals surface area contributed by atoms with Gasteiger partial charge in [0, 0.05) is 15.9 Å². The van der Waals surface area contributed by atoms with Crippen molar-refractivity contribution >= 4 is 32.8 Å². The molecule has 1 heterocycles. The van der Waals surface area contributed by atoms with E-state index in [2.05, 4.69) is 12.2 Å². The van der Waals surface area contributed by atoms with Crippen molar-refractivity contribution in [2.45, 2.75) is 62.0 Å². The largest absolute Gasteiger partial charge is 0.322 e. The molecule has 0 saturated heterocycles. The van der Waals surface area contributed by atoms with Gasteiger partial charge in [-0.1, -0.05) is 25.8 Å². The first-order valence-corrected chi connectivity index (χ1v) is 12.1. The normalized spacial score (nSPS) is 20.4. The Morgan fingerprint density at radius 3 is 2.74 bits per heavy atom. The summed E-state index contributed by atoms with van der Waals surface area (Å²) >= 11 is 1.66. The maximum atomic E-state index is 12.8. The van der Waals surface area contributed by atoms with Gasteiger partial charge >= 0.3 is 0 Å². The number of benzene rings is 1. The summed E-state index contributed by atoms with van der Waals surface area (Å²) in [5.41, 5.74) is 2.46. The molecule has 0 radical (unpaired) electrons. The van der Waals surface area contributed by atoms with Crippen molar-refractivity contribution in [1.29, 1.82) is 0 Å². The topological polar surface area (TPSA) is 63.2 Å². The zero-order chi connectivity index (χ0) is 19.0. The second-order valence-corrected chi connectivity index (χ2v) is 11.0. The molecule has 6 heteroatoms. The highest BCUT2D eigenvalue weighted by Crippen LogP contribution is 2.34. The molecule has 4 rings (SSSR count). The molecule has 1 aromatic carbocycles. The predicted octanol–water partition coefficient (Wildman–Crippen LogP) is 4.84. The summed E-state index contributed by atoms with van der Waals surface area (Å²) in [6.07, 6.45) is 6.52. The first kappa shape index (κ1) is 18.7. The van der Waals surface area contributed by atoms with E-state index >= 15 is 0 Å². The quantitative estimate of drug-likeness (QED) is 0.794. The fraction of sp³-hybridized carbons (Fsp3) is 0.476. The maximum Gasteiger partial charge on any atom is 0.256 e. The Kier molecular flexibility index (Phi) is 5.12. The molecule has 1 saturated carbocycles. The fourth-order valence-corrected chi connectivity index (χ4v) is 7.35. The average Bonchev–Trinajstić information content (AvgIpc) is 3.31. The lowest BCUT2D eigenvalue weighted by atomic mass is 9.88. The van der Waals surface area contributed by atoms with Crippen molar-refractivity contribution in [3.63, 3.8) is 0 Å². The van der Waals surface area contributed by atoms with Crippen LogP contribution in [0.4, 0.5) is 5.69 Å². The van der Waals surface area contributed by atoms with E-state index in [1.165, 1.54) is 10.4 Å². The molecule has 144 valence electrons. The van der Waals surface area contributed by atoms with Crippen LogP contribution in [0.1, 0.15) is 59.8 Å². The molecule has 1 amide bonds. The highest BCUT2D eigenvalue weighted by Gasteiger charge is 2.30.